The summed E-state index contributed by atoms with van der Waals surface area (Å²) in [6.45, 7) is 2.19. The number of fused-ring (bicyclic) bond motifs is 2. The van der Waals surface area contributed by atoms with E-state index in [1.165, 1.54) is 0 Å². The maximum Gasteiger partial charge on any atom is 0.307 e. The van der Waals surface area contributed by atoms with Crippen LogP contribution in [0.15, 0.2) is 54.6 Å². The largest absolute Gasteiger partial charge is 0.492 e. The van der Waals surface area contributed by atoms with E-state index in [2.05, 4.69) is 0 Å². The first-order chi connectivity index (χ1) is 13.5. The van der Waals surface area contributed by atoms with E-state index in [-0.39, 0.29) is 12.0 Å². The van der Waals surface area contributed by atoms with Crippen molar-refractivity contribution in [1.29, 1.82) is 0 Å². The number of aliphatic carboxylic acids is 1. The molecule has 6 nitrogen and oxygen atoms in total. The van der Waals surface area contributed by atoms with E-state index >= 15 is 0 Å². The number of hydrogen-bond donors (Lipinski definition) is 1. The standard InChI is InChI=1S/C22H17NO5/c1-2-28-20-16-6-4-3-5-14(16)12-17-19(20)22(27)23(21(17)26)15-9-7-13(8-10-15)11-18(24)25/h3-10,12H,2,11H2,1H3,(H,24,25). The molecule has 140 valence electrons. The molecule has 0 fully saturated rings. The van der Waals surface area contributed by atoms with Gasteiger partial charge in [-0.2, -0.15) is 0 Å². The fourth-order valence-corrected chi connectivity index (χ4v) is 3.49. The Kier molecular flexibility index (Phi) is 4.31. The molecule has 1 aliphatic rings. The highest BCUT2D eigenvalue weighted by atomic mass is 16.5. The van der Waals surface area contributed by atoms with Crippen LogP contribution in [0.2, 0.25) is 0 Å². The van der Waals surface area contributed by atoms with Crippen LogP contribution < -0.4 is 9.64 Å². The molecule has 3 aromatic rings. The number of carbonyl (C=O) groups is 3. The molecule has 0 saturated heterocycles. The number of rotatable bonds is 5. The fraction of sp³-hybridized carbons (Fsp3) is 0.136. The van der Waals surface area contributed by atoms with Gasteiger partial charge in [0.05, 0.1) is 29.8 Å². The van der Waals surface area contributed by atoms with Gasteiger partial charge in [0.1, 0.15) is 5.75 Å². The minimum atomic E-state index is -0.943. The maximum atomic E-state index is 13.1. The molecule has 0 aromatic heterocycles. The Labute approximate surface area is 161 Å². The zero-order valence-electron chi connectivity index (χ0n) is 15.1. The summed E-state index contributed by atoms with van der Waals surface area (Å²) in [4.78, 5) is 38.1. The van der Waals surface area contributed by atoms with Crippen molar-refractivity contribution in [2.75, 3.05) is 11.5 Å². The highest BCUT2D eigenvalue weighted by Crippen LogP contribution is 2.39. The van der Waals surface area contributed by atoms with Gasteiger partial charge in [-0.1, -0.05) is 36.4 Å². The van der Waals surface area contributed by atoms with E-state index in [4.69, 9.17) is 9.84 Å². The number of amides is 2. The quantitative estimate of drug-likeness (QED) is 0.688. The molecule has 0 aliphatic carbocycles. The number of nitrogens with zero attached hydrogens (tertiary/aromatic N) is 1. The molecule has 0 saturated carbocycles. The van der Waals surface area contributed by atoms with Crippen molar-refractivity contribution in [2.45, 2.75) is 13.3 Å². The van der Waals surface area contributed by atoms with Crippen molar-refractivity contribution < 1.29 is 24.2 Å². The molecule has 0 bridgehead atoms. The number of carboxylic acid groups (broad SMARTS) is 1. The van der Waals surface area contributed by atoms with E-state index in [0.29, 0.717) is 29.2 Å². The molecule has 0 spiro atoms. The highest BCUT2D eigenvalue weighted by molar-refractivity contribution is 6.36. The topological polar surface area (TPSA) is 83.9 Å². The summed E-state index contributed by atoms with van der Waals surface area (Å²) in [7, 11) is 0. The van der Waals surface area contributed by atoms with Crippen LogP contribution in [0.3, 0.4) is 0 Å². The third kappa shape index (κ3) is 2.79. The van der Waals surface area contributed by atoms with Crippen LogP contribution in [0, 0.1) is 0 Å². The number of carbonyl (C=O) groups excluding carboxylic acids is 2. The van der Waals surface area contributed by atoms with Crippen molar-refractivity contribution >= 4 is 34.2 Å². The average molecular weight is 375 g/mol. The van der Waals surface area contributed by atoms with E-state index in [9.17, 15) is 14.4 Å². The van der Waals surface area contributed by atoms with Gasteiger partial charge in [0, 0.05) is 5.39 Å². The van der Waals surface area contributed by atoms with Crippen molar-refractivity contribution in [1.82, 2.24) is 0 Å². The Morgan fingerprint density at radius 3 is 2.43 bits per heavy atom. The van der Waals surface area contributed by atoms with Gasteiger partial charge in [0.2, 0.25) is 0 Å². The minimum absolute atomic E-state index is 0.123. The Bertz CT molecular complexity index is 1120. The molecule has 1 N–H and O–H groups in total. The summed E-state index contributed by atoms with van der Waals surface area (Å²) in [5.41, 5.74) is 1.56. The first-order valence-corrected chi connectivity index (χ1v) is 8.89. The second-order valence-corrected chi connectivity index (χ2v) is 6.47. The summed E-state index contributed by atoms with van der Waals surface area (Å²) < 4.78 is 5.76. The fourth-order valence-electron chi connectivity index (χ4n) is 3.49. The Morgan fingerprint density at radius 1 is 1.04 bits per heavy atom. The van der Waals surface area contributed by atoms with Gasteiger partial charge in [-0.05, 0) is 36.1 Å². The second-order valence-electron chi connectivity index (χ2n) is 6.47. The van der Waals surface area contributed by atoms with Crippen molar-refractivity contribution in [2.24, 2.45) is 0 Å². The first kappa shape index (κ1) is 17.7. The predicted molar refractivity (Wildman–Crippen MR) is 104 cm³/mol. The molecule has 3 aromatic carbocycles. The summed E-state index contributed by atoms with van der Waals surface area (Å²) in [5, 5.41) is 10.5. The van der Waals surface area contributed by atoms with E-state index in [0.717, 1.165) is 15.7 Å². The molecule has 4 rings (SSSR count). The number of ether oxygens (including phenoxy) is 1. The third-order valence-electron chi connectivity index (χ3n) is 4.69. The van der Waals surface area contributed by atoms with Gasteiger partial charge in [-0.3, -0.25) is 14.4 Å². The lowest BCUT2D eigenvalue weighted by molar-refractivity contribution is -0.136. The Balaban J connectivity index is 1.81. The molecule has 1 aliphatic heterocycles. The van der Waals surface area contributed by atoms with Crippen LogP contribution in [-0.4, -0.2) is 29.5 Å². The monoisotopic (exact) mass is 375 g/mol. The molecule has 1 heterocycles. The molecule has 6 heteroatoms. The van der Waals surface area contributed by atoms with Gasteiger partial charge >= 0.3 is 5.97 Å². The summed E-state index contributed by atoms with van der Waals surface area (Å²) in [6.07, 6.45) is -0.123. The van der Waals surface area contributed by atoms with Crippen LogP contribution in [0.5, 0.6) is 5.75 Å². The lowest BCUT2D eigenvalue weighted by Gasteiger charge is -2.14. The van der Waals surface area contributed by atoms with Crippen LogP contribution in [0.1, 0.15) is 33.2 Å². The number of hydrogen-bond acceptors (Lipinski definition) is 4. The predicted octanol–water partition coefficient (Wildman–Crippen LogP) is 3.67. The highest BCUT2D eigenvalue weighted by Gasteiger charge is 2.40. The number of imide groups is 1. The zero-order valence-corrected chi connectivity index (χ0v) is 15.1. The van der Waals surface area contributed by atoms with E-state index < -0.39 is 17.8 Å². The molecule has 2 amide bonds. The van der Waals surface area contributed by atoms with Gasteiger partial charge in [0.15, 0.2) is 0 Å². The summed E-state index contributed by atoms with van der Waals surface area (Å²) >= 11 is 0. The zero-order chi connectivity index (χ0) is 19.8. The molecular formula is C22H17NO5. The van der Waals surface area contributed by atoms with Crippen LogP contribution in [0.25, 0.3) is 10.8 Å². The van der Waals surface area contributed by atoms with Gasteiger partial charge in [-0.15, -0.1) is 0 Å². The Hall–Kier alpha value is -3.67. The third-order valence-corrected chi connectivity index (χ3v) is 4.69. The molecule has 28 heavy (non-hydrogen) atoms. The Morgan fingerprint density at radius 2 is 1.75 bits per heavy atom. The normalized spacial score (nSPS) is 13.1. The smallest absolute Gasteiger partial charge is 0.307 e. The van der Waals surface area contributed by atoms with E-state index in [1.807, 2.05) is 31.2 Å². The molecule has 0 radical (unpaired) electrons. The molecule has 0 unspecified atom stereocenters. The van der Waals surface area contributed by atoms with Crippen LogP contribution >= 0.6 is 0 Å². The lowest BCUT2D eigenvalue weighted by atomic mass is 10.0. The second kappa shape index (κ2) is 6.81. The SMILES string of the molecule is CCOc1c2c(cc3ccccc13)C(=O)N(c1ccc(CC(=O)O)cc1)C2=O. The van der Waals surface area contributed by atoms with Gasteiger partial charge in [-0.25, -0.2) is 4.90 Å². The maximum absolute atomic E-state index is 13.1. The van der Waals surface area contributed by atoms with Crippen molar-refractivity contribution in [3.05, 3.63) is 71.3 Å². The molecular weight excluding hydrogens is 358 g/mol. The average Bonchev–Trinajstić information content (AvgIpc) is 2.92. The number of benzene rings is 3. The van der Waals surface area contributed by atoms with Crippen LogP contribution in [-0.2, 0) is 11.2 Å². The summed E-state index contributed by atoms with van der Waals surface area (Å²) in [5.74, 6) is -1.39. The molecule has 0 atom stereocenters. The van der Waals surface area contributed by atoms with Gasteiger partial charge < -0.3 is 9.84 Å². The number of carboxylic acids is 1. The number of anilines is 1. The van der Waals surface area contributed by atoms with Gasteiger partial charge in [0.25, 0.3) is 11.8 Å². The minimum Gasteiger partial charge on any atom is -0.492 e. The van der Waals surface area contributed by atoms with Crippen molar-refractivity contribution in [3.63, 3.8) is 0 Å². The summed E-state index contributed by atoms with van der Waals surface area (Å²) in [6, 6.07) is 15.6. The van der Waals surface area contributed by atoms with Crippen LogP contribution in [0.4, 0.5) is 5.69 Å². The van der Waals surface area contributed by atoms with E-state index in [1.54, 1.807) is 30.3 Å². The van der Waals surface area contributed by atoms with Crippen molar-refractivity contribution in [3.8, 4) is 5.75 Å². The lowest BCUT2D eigenvalue weighted by Crippen LogP contribution is -2.29. The first-order valence-electron chi connectivity index (χ1n) is 8.89.